The minimum absolute atomic E-state index is 0.0639. The van der Waals surface area contributed by atoms with Gasteiger partial charge in [-0.3, -0.25) is 9.59 Å². The fourth-order valence-electron chi connectivity index (χ4n) is 1.82. The minimum Gasteiger partial charge on any atom is -0.422 e. The summed E-state index contributed by atoms with van der Waals surface area (Å²) in [6.45, 7) is 0.169. The molecule has 0 saturated heterocycles. The fraction of sp³-hybridized carbons (Fsp3) is 0.267. The van der Waals surface area contributed by atoms with Gasteiger partial charge in [-0.25, -0.2) is 4.79 Å². The van der Waals surface area contributed by atoms with Crippen molar-refractivity contribution in [1.29, 1.82) is 0 Å². The fourth-order valence-corrected chi connectivity index (χ4v) is 1.82. The van der Waals surface area contributed by atoms with Crippen LogP contribution < -0.4 is 10.9 Å². The van der Waals surface area contributed by atoms with Crippen LogP contribution in [0.5, 0.6) is 0 Å². The molecule has 1 aromatic carbocycles. The Hall–Kier alpha value is -2.63. The van der Waals surface area contributed by atoms with Crippen molar-refractivity contribution < 1.29 is 14.0 Å². The number of hydrogen-bond acceptors (Lipinski definition) is 4. The van der Waals surface area contributed by atoms with E-state index in [-0.39, 0.29) is 24.4 Å². The average Bonchev–Trinajstić information content (AvgIpc) is 2.46. The Morgan fingerprint density at radius 1 is 1.24 bits per heavy atom. The van der Waals surface area contributed by atoms with Crippen LogP contribution in [0, 0.1) is 0 Å². The molecule has 6 nitrogen and oxygen atoms in total. The summed E-state index contributed by atoms with van der Waals surface area (Å²) in [5.74, 6) is -0.637. The summed E-state index contributed by atoms with van der Waals surface area (Å²) in [7, 11) is 3.28. The van der Waals surface area contributed by atoms with Gasteiger partial charge in [0.1, 0.15) is 11.1 Å². The third-order valence-electron chi connectivity index (χ3n) is 3.01. The van der Waals surface area contributed by atoms with Gasteiger partial charge in [0.2, 0.25) is 5.91 Å². The van der Waals surface area contributed by atoms with Gasteiger partial charge < -0.3 is 14.6 Å². The molecule has 110 valence electrons. The van der Waals surface area contributed by atoms with Gasteiger partial charge in [-0.05, 0) is 12.1 Å². The van der Waals surface area contributed by atoms with E-state index in [1.807, 2.05) is 0 Å². The second-order valence-electron chi connectivity index (χ2n) is 4.78. The van der Waals surface area contributed by atoms with Crippen LogP contribution in [0.1, 0.15) is 16.8 Å². The first-order valence-electron chi connectivity index (χ1n) is 6.50. The van der Waals surface area contributed by atoms with Crippen LogP contribution in [0.2, 0.25) is 0 Å². The molecule has 0 bridgehead atoms. The average molecular weight is 288 g/mol. The smallest absolute Gasteiger partial charge is 0.349 e. The van der Waals surface area contributed by atoms with Crippen LogP contribution >= 0.6 is 0 Å². The van der Waals surface area contributed by atoms with E-state index in [1.54, 1.807) is 38.4 Å². The number of benzene rings is 1. The second-order valence-corrected chi connectivity index (χ2v) is 4.78. The van der Waals surface area contributed by atoms with Crippen molar-refractivity contribution in [1.82, 2.24) is 10.2 Å². The van der Waals surface area contributed by atoms with E-state index in [0.717, 1.165) is 0 Å². The summed E-state index contributed by atoms with van der Waals surface area (Å²) < 4.78 is 5.09. The van der Waals surface area contributed by atoms with E-state index in [0.29, 0.717) is 11.0 Å². The lowest BCUT2D eigenvalue weighted by molar-refractivity contribution is -0.128. The number of amides is 2. The topological polar surface area (TPSA) is 79.6 Å². The zero-order valence-corrected chi connectivity index (χ0v) is 11.9. The standard InChI is InChI=1S/C15H16N2O4/c1-17(2)13(18)7-8-16-14(19)11-9-10-5-3-4-6-12(10)21-15(11)20/h3-6,9H,7-8H2,1-2H3,(H,16,19). The third kappa shape index (κ3) is 3.47. The van der Waals surface area contributed by atoms with Crippen molar-refractivity contribution in [2.24, 2.45) is 0 Å². The molecule has 0 unspecified atom stereocenters. The SMILES string of the molecule is CN(C)C(=O)CCNC(=O)c1cc2ccccc2oc1=O. The maximum Gasteiger partial charge on any atom is 0.349 e. The lowest BCUT2D eigenvalue weighted by atomic mass is 10.2. The molecule has 0 spiro atoms. The number of fused-ring (bicyclic) bond motifs is 1. The molecule has 0 atom stereocenters. The Morgan fingerprint density at radius 2 is 1.95 bits per heavy atom. The number of carbonyl (C=O) groups is 2. The highest BCUT2D eigenvalue weighted by Crippen LogP contribution is 2.12. The molecule has 2 aromatic rings. The second kappa shape index (κ2) is 6.21. The van der Waals surface area contributed by atoms with Crippen LogP contribution in [-0.4, -0.2) is 37.4 Å². The first-order chi connectivity index (χ1) is 9.99. The zero-order chi connectivity index (χ0) is 15.4. The van der Waals surface area contributed by atoms with E-state index in [9.17, 15) is 14.4 Å². The predicted molar refractivity (Wildman–Crippen MR) is 78.1 cm³/mol. The normalized spacial score (nSPS) is 10.4. The van der Waals surface area contributed by atoms with E-state index in [1.165, 1.54) is 11.0 Å². The van der Waals surface area contributed by atoms with Gasteiger partial charge in [-0.1, -0.05) is 18.2 Å². The summed E-state index contributed by atoms with van der Waals surface area (Å²) in [6, 6.07) is 8.45. The lowest BCUT2D eigenvalue weighted by Gasteiger charge is -2.10. The van der Waals surface area contributed by atoms with Crippen LogP contribution in [0.15, 0.2) is 39.5 Å². The van der Waals surface area contributed by atoms with Crippen molar-refractivity contribution >= 4 is 22.8 Å². The Bertz CT molecular complexity index is 734. The van der Waals surface area contributed by atoms with Gasteiger partial charge in [-0.15, -0.1) is 0 Å². The van der Waals surface area contributed by atoms with E-state index >= 15 is 0 Å². The molecule has 6 heteroatoms. The van der Waals surface area contributed by atoms with Gasteiger partial charge in [0.15, 0.2) is 0 Å². The summed E-state index contributed by atoms with van der Waals surface area (Å²) in [6.07, 6.45) is 0.178. The molecular formula is C15H16N2O4. The van der Waals surface area contributed by atoms with Crippen LogP contribution in [-0.2, 0) is 4.79 Å². The molecule has 0 fully saturated rings. The molecular weight excluding hydrogens is 272 g/mol. The molecule has 0 aliphatic heterocycles. The van der Waals surface area contributed by atoms with Crippen LogP contribution in [0.3, 0.4) is 0 Å². The monoisotopic (exact) mass is 288 g/mol. The summed E-state index contributed by atoms with van der Waals surface area (Å²) in [5, 5.41) is 3.22. The largest absolute Gasteiger partial charge is 0.422 e. The highest BCUT2D eigenvalue weighted by molar-refractivity contribution is 5.96. The molecule has 2 rings (SSSR count). The Kier molecular flexibility index (Phi) is 4.37. The molecule has 0 saturated carbocycles. The summed E-state index contributed by atoms with van der Waals surface area (Å²) in [4.78, 5) is 36.6. The molecule has 0 radical (unpaired) electrons. The van der Waals surface area contributed by atoms with E-state index in [2.05, 4.69) is 5.32 Å². The van der Waals surface area contributed by atoms with Crippen LogP contribution in [0.4, 0.5) is 0 Å². The molecule has 0 aliphatic rings. The molecule has 2 amide bonds. The minimum atomic E-state index is -0.690. The van der Waals surface area contributed by atoms with Gasteiger partial charge in [0.25, 0.3) is 5.91 Å². The first-order valence-corrected chi connectivity index (χ1v) is 6.50. The third-order valence-corrected chi connectivity index (χ3v) is 3.01. The molecule has 0 aliphatic carbocycles. The zero-order valence-electron chi connectivity index (χ0n) is 11.9. The maximum absolute atomic E-state index is 12.0. The van der Waals surface area contributed by atoms with Crippen molar-refractivity contribution in [3.63, 3.8) is 0 Å². The highest BCUT2D eigenvalue weighted by atomic mass is 16.4. The van der Waals surface area contributed by atoms with Gasteiger partial charge in [0, 0.05) is 32.4 Å². The Balaban J connectivity index is 2.11. The van der Waals surface area contributed by atoms with E-state index < -0.39 is 11.5 Å². The van der Waals surface area contributed by atoms with Gasteiger partial charge in [0.05, 0.1) is 0 Å². The molecule has 1 heterocycles. The van der Waals surface area contributed by atoms with E-state index in [4.69, 9.17) is 4.42 Å². The van der Waals surface area contributed by atoms with Gasteiger partial charge in [-0.2, -0.15) is 0 Å². The Morgan fingerprint density at radius 3 is 2.67 bits per heavy atom. The molecule has 1 aromatic heterocycles. The van der Waals surface area contributed by atoms with Gasteiger partial charge >= 0.3 is 5.63 Å². The number of rotatable bonds is 4. The number of para-hydroxylation sites is 1. The van der Waals surface area contributed by atoms with Crippen molar-refractivity contribution in [3.8, 4) is 0 Å². The first kappa shape index (κ1) is 14.8. The number of nitrogens with one attached hydrogen (secondary N) is 1. The number of carbonyl (C=O) groups excluding carboxylic acids is 2. The van der Waals surface area contributed by atoms with Crippen molar-refractivity contribution in [2.75, 3.05) is 20.6 Å². The van der Waals surface area contributed by atoms with Crippen LogP contribution in [0.25, 0.3) is 11.0 Å². The quantitative estimate of drug-likeness (QED) is 0.851. The predicted octanol–water partition coefficient (Wildman–Crippen LogP) is 1.00. The summed E-state index contributed by atoms with van der Waals surface area (Å²) >= 11 is 0. The highest BCUT2D eigenvalue weighted by Gasteiger charge is 2.13. The number of hydrogen-bond donors (Lipinski definition) is 1. The number of nitrogens with zero attached hydrogens (tertiary/aromatic N) is 1. The molecule has 1 N–H and O–H groups in total. The summed E-state index contributed by atoms with van der Waals surface area (Å²) in [5.41, 5.74) is -0.321. The van der Waals surface area contributed by atoms with Crippen molar-refractivity contribution in [3.05, 3.63) is 46.3 Å². The maximum atomic E-state index is 12.0. The molecule has 21 heavy (non-hydrogen) atoms. The van der Waals surface area contributed by atoms with Crippen molar-refractivity contribution in [2.45, 2.75) is 6.42 Å². The lowest BCUT2D eigenvalue weighted by Crippen LogP contribution is -2.32. The Labute approximate surface area is 121 Å².